The van der Waals surface area contributed by atoms with Crippen molar-refractivity contribution in [2.24, 2.45) is 11.1 Å². The predicted molar refractivity (Wildman–Crippen MR) is 136 cm³/mol. The van der Waals surface area contributed by atoms with Crippen LogP contribution in [0, 0.1) is 5.41 Å². The number of unbranched alkanes of at least 4 members (excludes halogenated alkanes) is 1. The van der Waals surface area contributed by atoms with Gasteiger partial charge in [-0.15, -0.1) is 12.4 Å². The number of hydrogen-bond donors (Lipinski definition) is 3. The number of thiazole rings is 1. The zero-order valence-electron chi connectivity index (χ0n) is 18.9. The first kappa shape index (κ1) is 26.4. The molecular formula is C25H35ClN2O3S. The molecule has 0 aliphatic heterocycles. The Hall–Kier alpha value is -1.86. The summed E-state index contributed by atoms with van der Waals surface area (Å²) in [5, 5.41) is 9.97. The topological polar surface area (TPSA) is 88.3 Å². The van der Waals surface area contributed by atoms with Crippen molar-refractivity contribution in [1.29, 1.82) is 0 Å². The van der Waals surface area contributed by atoms with Gasteiger partial charge in [0.05, 0.1) is 11.3 Å². The van der Waals surface area contributed by atoms with Crippen LogP contribution in [0.3, 0.4) is 0 Å². The maximum atomic E-state index is 11.7. The van der Waals surface area contributed by atoms with E-state index in [1.165, 1.54) is 5.56 Å². The Morgan fingerprint density at radius 1 is 1.09 bits per heavy atom. The van der Waals surface area contributed by atoms with Crippen molar-refractivity contribution in [3.63, 3.8) is 0 Å². The van der Waals surface area contributed by atoms with Gasteiger partial charge in [-0.2, -0.15) is 0 Å². The summed E-state index contributed by atoms with van der Waals surface area (Å²) in [7, 11) is 0. The number of nitrogens with two attached hydrogens (primary N) is 1. The summed E-state index contributed by atoms with van der Waals surface area (Å²) in [5.74, 6) is 0.0932. The maximum absolute atomic E-state index is 11.7. The molecule has 2 aromatic carbocycles. The number of nitrogens with one attached hydrogen (secondary N) is 1. The molecule has 3 aromatic rings. The number of aromatic nitrogens is 1. The van der Waals surface area contributed by atoms with Gasteiger partial charge in [-0.25, -0.2) is 0 Å². The quantitative estimate of drug-likeness (QED) is 0.280. The van der Waals surface area contributed by atoms with Crippen molar-refractivity contribution >= 4 is 34.0 Å². The minimum absolute atomic E-state index is 0. The van der Waals surface area contributed by atoms with Crippen molar-refractivity contribution in [3.05, 3.63) is 63.3 Å². The molecule has 0 saturated carbocycles. The molecule has 0 spiro atoms. The molecule has 0 radical (unpaired) electrons. The molecule has 0 aliphatic rings. The zero-order chi connectivity index (χ0) is 22.3. The Labute approximate surface area is 200 Å². The van der Waals surface area contributed by atoms with Crippen LogP contribution >= 0.6 is 23.7 Å². The van der Waals surface area contributed by atoms with Crippen LogP contribution in [-0.2, 0) is 11.2 Å². The molecule has 1 heterocycles. The fourth-order valence-electron chi connectivity index (χ4n) is 3.90. The summed E-state index contributed by atoms with van der Waals surface area (Å²) < 4.78 is 6.56. The third-order valence-electron chi connectivity index (χ3n) is 5.89. The van der Waals surface area contributed by atoms with Gasteiger partial charge in [-0.1, -0.05) is 68.0 Å². The monoisotopic (exact) mass is 478 g/mol. The van der Waals surface area contributed by atoms with E-state index >= 15 is 0 Å². The first-order valence-corrected chi connectivity index (χ1v) is 11.9. The van der Waals surface area contributed by atoms with E-state index in [0.29, 0.717) is 5.52 Å². The zero-order valence-corrected chi connectivity index (χ0v) is 20.6. The summed E-state index contributed by atoms with van der Waals surface area (Å²) >= 11 is 1.11. The number of phenolic OH excluding ortho intramolecular Hbond substituents is 1. The molecule has 1 unspecified atom stereocenters. The Kier molecular flexibility index (Phi) is 10.2. The number of ether oxygens (including phenoxy) is 1. The lowest BCUT2D eigenvalue weighted by Gasteiger charge is -2.26. The summed E-state index contributed by atoms with van der Waals surface area (Å²) in [6, 6.07) is 13.7. The lowest BCUT2D eigenvalue weighted by atomic mass is 9.81. The second-order valence-electron chi connectivity index (χ2n) is 9.01. The van der Waals surface area contributed by atoms with Gasteiger partial charge in [0.2, 0.25) is 0 Å². The van der Waals surface area contributed by atoms with Crippen LogP contribution in [0.4, 0.5) is 0 Å². The smallest absolute Gasteiger partial charge is 0.305 e. The number of benzene rings is 2. The van der Waals surface area contributed by atoms with Crippen LogP contribution < -0.4 is 10.6 Å². The van der Waals surface area contributed by atoms with E-state index in [9.17, 15) is 9.90 Å². The SMILES string of the molecule is CC(C)(CCCCOCCc1ccccc1)CCC(N)c1ccc(O)c2[nH]c(=O)sc12.Cl. The highest BCUT2D eigenvalue weighted by atomic mass is 35.5. The molecule has 32 heavy (non-hydrogen) atoms. The lowest BCUT2D eigenvalue weighted by Crippen LogP contribution is -2.17. The first-order chi connectivity index (χ1) is 14.9. The van der Waals surface area contributed by atoms with Gasteiger partial charge in [-0.05, 0) is 54.7 Å². The van der Waals surface area contributed by atoms with Crippen LogP contribution in [0.5, 0.6) is 5.75 Å². The van der Waals surface area contributed by atoms with Crippen LogP contribution in [0.25, 0.3) is 10.2 Å². The minimum Gasteiger partial charge on any atom is -0.506 e. The molecule has 4 N–H and O–H groups in total. The molecule has 7 heteroatoms. The minimum atomic E-state index is -0.170. The highest BCUT2D eigenvalue weighted by Crippen LogP contribution is 2.35. The van der Waals surface area contributed by atoms with E-state index in [1.807, 2.05) is 12.1 Å². The van der Waals surface area contributed by atoms with Crippen LogP contribution in [0.15, 0.2) is 47.3 Å². The molecule has 0 bridgehead atoms. The Balaban J connectivity index is 0.00000363. The van der Waals surface area contributed by atoms with E-state index in [1.54, 1.807) is 6.07 Å². The molecular weight excluding hydrogens is 444 g/mol. The van der Waals surface area contributed by atoms with Gasteiger partial charge in [0, 0.05) is 12.6 Å². The molecule has 3 rings (SSSR count). The predicted octanol–water partition coefficient (Wildman–Crippen LogP) is 5.95. The van der Waals surface area contributed by atoms with Crippen molar-refractivity contribution < 1.29 is 9.84 Å². The summed E-state index contributed by atoms with van der Waals surface area (Å²) in [4.78, 5) is 14.2. The molecule has 0 fully saturated rings. The third-order valence-corrected chi connectivity index (χ3v) is 6.82. The Morgan fingerprint density at radius 2 is 1.84 bits per heavy atom. The summed E-state index contributed by atoms with van der Waals surface area (Å²) in [6.07, 6.45) is 6.14. The van der Waals surface area contributed by atoms with E-state index in [-0.39, 0.29) is 34.5 Å². The van der Waals surface area contributed by atoms with Crippen molar-refractivity contribution in [2.45, 2.75) is 58.4 Å². The standard InChI is InChI=1S/C25H34N2O3S.ClH/c1-25(2,14-6-7-16-30-17-13-18-8-4-3-5-9-18)15-12-20(26)19-10-11-21(28)22-23(19)31-24(29)27-22;/h3-5,8-11,20,28H,6-7,12-17,26H2,1-2H3,(H,27,29);1H. The summed E-state index contributed by atoms with van der Waals surface area (Å²) in [5.41, 5.74) is 9.41. The maximum Gasteiger partial charge on any atom is 0.305 e. The number of hydrogen-bond acceptors (Lipinski definition) is 5. The second kappa shape index (κ2) is 12.4. The first-order valence-electron chi connectivity index (χ1n) is 11.1. The lowest BCUT2D eigenvalue weighted by molar-refractivity contribution is 0.129. The van der Waals surface area contributed by atoms with E-state index in [2.05, 4.69) is 43.1 Å². The van der Waals surface area contributed by atoms with Crippen LogP contribution in [0.1, 0.15) is 63.1 Å². The molecule has 0 amide bonds. The molecule has 0 aliphatic carbocycles. The molecule has 176 valence electrons. The van der Waals surface area contributed by atoms with E-state index < -0.39 is 0 Å². The molecule has 0 saturated heterocycles. The molecule has 1 aromatic heterocycles. The number of fused-ring (bicyclic) bond motifs is 1. The van der Waals surface area contributed by atoms with Gasteiger partial charge >= 0.3 is 4.87 Å². The van der Waals surface area contributed by atoms with E-state index in [4.69, 9.17) is 10.5 Å². The van der Waals surface area contributed by atoms with Gasteiger partial charge in [0.15, 0.2) is 0 Å². The number of H-pyrrole nitrogens is 1. The fraction of sp³-hybridized carbons (Fsp3) is 0.480. The van der Waals surface area contributed by atoms with Crippen LogP contribution in [0.2, 0.25) is 0 Å². The highest BCUT2D eigenvalue weighted by molar-refractivity contribution is 7.16. The van der Waals surface area contributed by atoms with Gasteiger partial charge in [-0.3, -0.25) is 4.79 Å². The molecule has 1 atom stereocenters. The van der Waals surface area contributed by atoms with Gasteiger partial charge in [0.25, 0.3) is 0 Å². The third kappa shape index (κ3) is 7.62. The van der Waals surface area contributed by atoms with E-state index in [0.717, 1.165) is 73.3 Å². The molecule has 5 nitrogen and oxygen atoms in total. The van der Waals surface area contributed by atoms with Crippen molar-refractivity contribution in [1.82, 2.24) is 4.98 Å². The van der Waals surface area contributed by atoms with Gasteiger partial charge in [0.1, 0.15) is 11.3 Å². The second-order valence-corrected chi connectivity index (χ2v) is 9.99. The fourth-order valence-corrected chi connectivity index (χ4v) is 4.84. The number of rotatable bonds is 12. The largest absolute Gasteiger partial charge is 0.506 e. The number of halogens is 1. The number of phenols is 1. The van der Waals surface area contributed by atoms with Crippen LogP contribution in [-0.4, -0.2) is 23.3 Å². The average molecular weight is 479 g/mol. The van der Waals surface area contributed by atoms with Crippen molar-refractivity contribution in [2.75, 3.05) is 13.2 Å². The van der Waals surface area contributed by atoms with Gasteiger partial charge < -0.3 is 20.6 Å². The Morgan fingerprint density at radius 3 is 2.59 bits per heavy atom. The highest BCUT2D eigenvalue weighted by Gasteiger charge is 2.21. The van der Waals surface area contributed by atoms with Crippen molar-refractivity contribution in [3.8, 4) is 5.75 Å². The summed E-state index contributed by atoms with van der Waals surface area (Å²) in [6.45, 7) is 6.16. The number of aromatic amines is 1. The Bertz CT molecular complexity index is 1020. The number of aromatic hydroxyl groups is 1. The average Bonchev–Trinajstić information content (AvgIpc) is 3.15. The normalized spacial score (nSPS) is 12.6.